The lowest BCUT2D eigenvalue weighted by atomic mass is 10.0. The van der Waals surface area contributed by atoms with Crippen LogP contribution >= 0.6 is 0 Å². The van der Waals surface area contributed by atoms with E-state index in [1.54, 1.807) is 43.3 Å². The van der Waals surface area contributed by atoms with Crippen molar-refractivity contribution in [3.8, 4) is 22.6 Å². The maximum atomic E-state index is 12.2. The Balaban J connectivity index is 1.38. The van der Waals surface area contributed by atoms with Crippen LogP contribution in [0.5, 0.6) is 11.5 Å². The lowest BCUT2D eigenvalue weighted by molar-refractivity contribution is 0.0536. The number of aliphatic hydroxyl groups excluding tert-OH is 2. The van der Waals surface area contributed by atoms with E-state index in [1.807, 2.05) is 31.2 Å². The molecule has 0 aliphatic carbocycles. The van der Waals surface area contributed by atoms with E-state index in [2.05, 4.69) is 20.5 Å². The number of benzene rings is 5. The number of ether oxygens (including phenoxy) is 1. The van der Waals surface area contributed by atoms with Crippen molar-refractivity contribution in [1.82, 2.24) is 0 Å². The Labute approximate surface area is 281 Å². The van der Waals surface area contributed by atoms with Crippen molar-refractivity contribution in [2.24, 2.45) is 20.5 Å². The van der Waals surface area contributed by atoms with E-state index in [0.29, 0.717) is 34.4 Å². The van der Waals surface area contributed by atoms with Gasteiger partial charge in [-0.15, -0.1) is 5.11 Å². The van der Waals surface area contributed by atoms with Crippen LogP contribution in [-0.2, 0) is 20.2 Å². The lowest BCUT2D eigenvalue weighted by Gasteiger charge is -2.11. The number of hydrogen-bond donors (Lipinski definition) is 5. The summed E-state index contributed by atoms with van der Waals surface area (Å²) in [5.41, 5.74) is 4.57. The molecule has 5 aromatic rings. The molecule has 49 heavy (non-hydrogen) atoms. The Hall–Kier alpha value is -5.10. The Kier molecular flexibility index (Phi) is 10.2. The minimum absolute atomic E-state index is 0.0317. The largest absolute Gasteiger partial charge is 0.506 e. The maximum absolute atomic E-state index is 12.2. The first-order valence-corrected chi connectivity index (χ1v) is 17.3. The summed E-state index contributed by atoms with van der Waals surface area (Å²) in [6, 6.07) is 21.7. The topological polar surface area (TPSA) is 228 Å². The van der Waals surface area contributed by atoms with Crippen molar-refractivity contribution in [3.05, 3.63) is 96.1 Å². The summed E-state index contributed by atoms with van der Waals surface area (Å²) >= 11 is 0. The molecule has 1 unspecified atom stereocenters. The van der Waals surface area contributed by atoms with Crippen LogP contribution in [0.2, 0.25) is 0 Å². The first kappa shape index (κ1) is 35.2. The first-order chi connectivity index (χ1) is 23.1. The third kappa shape index (κ3) is 8.32. The molecule has 0 bridgehead atoms. The molecule has 254 valence electrons. The zero-order chi connectivity index (χ0) is 35.5. The van der Waals surface area contributed by atoms with Gasteiger partial charge in [0.05, 0.1) is 28.6 Å². The van der Waals surface area contributed by atoms with Crippen LogP contribution < -0.4 is 4.74 Å². The van der Waals surface area contributed by atoms with Gasteiger partial charge in [-0.1, -0.05) is 18.2 Å². The molecule has 0 aliphatic rings. The predicted molar refractivity (Wildman–Crippen MR) is 180 cm³/mol. The molecule has 0 amide bonds. The van der Waals surface area contributed by atoms with Gasteiger partial charge in [0.1, 0.15) is 34.8 Å². The number of hydrogen-bond acceptors (Lipinski definition) is 12. The quantitative estimate of drug-likeness (QED) is 0.0706. The summed E-state index contributed by atoms with van der Waals surface area (Å²) in [5, 5.41) is 45.4. The number of aryl methyl sites for hydroxylation is 2. The number of fused-ring (bicyclic) bond motifs is 1. The van der Waals surface area contributed by atoms with Crippen LogP contribution in [0.1, 0.15) is 11.1 Å². The number of phenols is 1. The molecular weight excluding hydrogens is 677 g/mol. The van der Waals surface area contributed by atoms with Crippen molar-refractivity contribution in [2.45, 2.75) is 29.7 Å². The molecule has 5 aromatic carbocycles. The third-order valence-electron chi connectivity index (χ3n) is 7.33. The average molecular weight is 707 g/mol. The molecule has 0 spiro atoms. The molecule has 0 saturated carbocycles. The van der Waals surface area contributed by atoms with E-state index < -0.39 is 48.5 Å². The van der Waals surface area contributed by atoms with Crippen molar-refractivity contribution in [2.75, 3.05) is 13.2 Å². The lowest BCUT2D eigenvalue weighted by Crippen LogP contribution is -2.21. The molecule has 0 radical (unpaired) electrons. The van der Waals surface area contributed by atoms with Crippen LogP contribution in [0.15, 0.2) is 115 Å². The van der Waals surface area contributed by atoms with E-state index in [4.69, 9.17) is 9.84 Å². The second-order valence-electron chi connectivity index (χ2n) is 10.9. The van der Waals surface area contributed by atoms with Gasteiger partial charge in [0.15, 0.2) is 0 Å². The van der Waals surface area contributed by atoms with Crippen molar-refractivity contribution >= 4 is 53.8 Å². The molecule has 14 nitrogen and oxygen atoms in total. The standard InChI is InChI=1S/C33H30N4O10S2/c1-19-13-21(3-10-28(19)35-34-24-6-8-26(9-7-24)47-18-25(39)17-38)22-4-11-29(20(2)14-22)36-37-33-30(40)12-5-23-15-27(48(41,42)43)16-31(32(23)33)49(44,45)46/h3-16,25,38-40H,17-18H2,1-2H3,(H,41,42,43)(H,44,45,46). The molecule has 16 heteroatoms. The molecular formula is C33H30N4O10S2. The number of phenolic OH excluding ortho intramolecular Hbond substituents is 1. The van der Waals surface area contributed by atoms with Crippen LogP contribution in [-0.4, -0.2) is 60.6 Å². The summed E-state index contributed by atoms with van der Waals surface area (Å²) in [6.45, 7) is 3.26. The van der Waals surface area contributed by atoms with Crippen molar-refractivity contribution < 1.29 is 46.0 Å². The number of aliphatic hydroxyl groups is 2. The molecule has 0 aromatic heterocycles. The van der Waals surface area contributed by atoms with Crippen LogP contribution in [0.4, 0.5) is 22.7 Å². The predicted octanol–water partition coefficient (Wildman–Crippen LogP) is 6.89. The van der Waals surface area contributed by atoms with Crippen molar-refractivity contribution in [1.29, 1.82) is 0 Å². The summed E-state index contributed by atoms with van der Waals surface area (Å²) in [7, 11) is -9.86. The zero-order valence-corrected chi connectivity index (χ0v) is 27.6. The fourth-order valence-corrected chi connectivity index (χ4v) is 6.15. The normalized spacial score (nSPS) is 13.0. The fourth-order valence-electron chi connectivity index (χ4n) is 4.79. The Morgan fingerprint density at radius 3 is 1.84 bits per heavy atom. The van der Waals surface area contributed by atoms with E-state index in [-0.39, 0.29) is 23.1 Å². The molecule has 0 heterocycles. The molecule has 5 N–H and O–H groups in total. The summed E-state index contributed by atoms with van der Waals surface area (Å²) < 4.78 is 72.5. The van der Waals surface area contributed by atoms with Gasteiger partial charge in [-0.2, -0.15) is 32.2 Å². The van der Waals surface area contributed by atoms with Gasteiger partial charge in [0, 0.05) is 5.39 Å². The molecule has 5 rings (SSSR count). The summed E-state index contributed by atoms with van der Waals surface area (Å²) in [4.78, 5) is -1.65. The van der Waals surface area contributed by atoms with E-state index >= 15 is 0 Å². The minimum atomic E-state index is -5.03. The zero-order valence-electron chi connectivity index (χ0n) is 26.0. The number of aromatic hydroxyl groups is 1. The highest BCUT2D eigenvalue weighted by Gasteiger charge is 2.24. The number of rotatable bonds is 11. The molecule has 0 aliphatic heterocycles. The van der Waals surface area contributed by atoms with Gasteiger partial charge < -0.3 is 20.1 Å². The van der Waals surface area contributed by atoms with Crippen LogP contribution in [0, 0.1) is 13.8 Å². The van der Waals surface area contributed by atoms with Gasteiger partial charge in [-0.3, -0.25) is 9.11 Å². The second-order valence-corrected chi connectivity index (χ2v) is 13.8. The van der Waals surface area contributed by atoms with Gasteiger partial charge >= 0.3 is 0 Å². The SMILES string of the molecule is Cc1cc(-c2ccc(N=Nc3c(O)ccc4cc(S(=O)(=O)O)cc(S(=O)(=O)O)c34)c(C)c2)ccc1N=Nc1ccc(OCC(O)CO)cc1. The third-order valence-corrected chi connectivity index (χ3v) is 9.04. The number of azo groups is 2. The average Bonchev–Trinajstić information content (AvgIpc) is 3.05. The smallest absolute Gasteiger partial charge is 0.295 e. The van der Waals surface area contributed by atoms with E-state index in [0.717, 1.165) is 28.8 Å². The Morgan fingerprint density at radius 2 is 1.31 bits per heavy atom. The highest BCUT2D eigenvalue weighted by Crippen LogP contribution is 2.41. The number of nitrogens with zero attached hydrogens (tertiary/aromatic N) is 4. The Morgan fingerprint density at radius 1 is 0.714 bits per heavy atom. The van der Waals surface area contributed by atoms with Gasteiger partial charge in [0.25, 0.3) is 20.2 Å². The first-order valence-electron chi connectivity index (χ1n) is 14.5. The minimum Gasteiger partial charge on any atom is -0.506 e. The van der Waals surface area contributed by atoms with E-state index in [9.17, 15) is 36.2 Å². The summed E-state index contributed by atoms with van der Waals surface area (Å²) in [6.07, 6.45) is -0.962. The van der Waals surface area contributed by atoms with Crippen LogP contribution in [0.3, 0.4) is 0 Å². The van der Waals surface area contributed by atoms with Crippen molar-refractivity contribution in [3.63, 3.8) is 0 Å². The van der Waals surface area contributed by atoms with E-state index in [1.165, 1.54) is 6.07 Å². The van der Waals surface area contributed by atoms with Crippen LogP contribution in [0.25, 0.3) is 21.9 Å². The molecule has 1 atom stereocenters. The highest BCUT2D eigenvalue weighted by atomic mass is 32.2. The maximum Gasteiger partial charge on any atom is 0.295 e. The molecule has 0 saturated heterocycles. The monoisotopic (exact) mass is 706 g/mol. The van der Waals surface area contributed by atoms with Gasteiger partial charge in [-0.05, 0) is 108 Å². The molecule has 0 fully saturated rings. The van der Waals surface area contributed by atoms with Gasteiger partial charge in [0.2, 0.25) is 0 Å². The fraction of sp³-hybridized carbons (Fsp3) is 0.152. The highest BCUT2D eigenvalue weighted by molar-refractivity contribution is 7.86. The Bertz CT molecular complexity index is 2330. The second kappa shape index (κ2) is 14.2. The summed E-state index contributed by atoms with van der Waals surface area (Å²) in [5.74, 6) is 0.0355. The van der Waals surface area contributed by atoms with Gasteiger partial charge in [-0.25, -0.2) is 0 Å².